The van der Waals surface area contributed by atoms with Gasteiger partial charge in [0, 0.05) is 6.07 Å². The van der Waals surface area contributed by atoms with Crippen molar-refractivity contribution in [3.8, 4) is 0 Å². The van der Waals surface area contributed by atoms with Crippen LogP contribution in [0.4, 0.5) is 18.9 Å². The van der Waals surface area contributed by atoms with Gasteiger partial charge in [-0.3, -0.25) is 14.9 Å². The maximum atomic E-state index is 12.0. The second-order valence-electron chi connectivity index (χ2n) is 3.31. The van der Waals surface area contributed by atoms with E-state index in [-0.39, 0.29) is 5.02 Å². The van der Waals surface area contributed by atoms with Gasteiger partial charge in [-0.2, -0.15) is 13.2 Å². The molecule has 0 aliphatic heterocycles. The summed E-state index contributed by atoms with van der Waals surface area (Å²) in [7, 11) is 0. The monoisotopic (exact) mass is 316 g/mol. The first kappa shape index (κ1) is 15.5. The first-order valence-corrected chi connectivity index (χ1v) is 5.36. The number of halogens is 5. The van der Waals surface area contributed by atoms with Crippen LogP contribution in [0, 0.1) is 10.1 Å². The number of nitro benzene ring substituents is 1. The van der Waals surface area contributed by atoms with E-state index in [1.165, 1.54) is 5.32 Å². The largest absolute Gasteiger partial charge is 0.405 e. The van der Waals surface area contributed by atoms with Crippen molar-refractivity contribution < 1.29 is 22.9 Å². The number of amides is 1. The average Bonchev–Trinajstić information content (AvgIpc) is 2.24. The van der Waals surface area contributed by atoms with Crippen LogP contribution in [-0.4, -0.2) is 23.6 Å². The standard InChI is InChI=1S/C9H5Cl2F3N2O3/c10-4-1-2-5(16(18)19)7(11)6(4)8(17)15-3-9(12,13)14/h1-2H,3H2,(H,15,17). The molecule has 1 N–H and O–H groups in total. The number of carbonyl (C=O) groups is 1. The molecule has 19 heavy (non-hydrogen) atoms. The van der Waals surface area contributed by atoms with Crippen LogP contribution in [0.25, 0.3) is 0 Å². The van der Waals surface area contributed by atoms with Crippen LogP contribution in [0.2, 0.25) is 10.0 Å². The quantitative estimate of drug-likeness (QED) is 0.687. The van der Waals surface area contributed by atoms with Crippen LogP contribution in [0.5, 0.6) is 0 Å². The van der Waals surface area contributed by atoms with Crippen molar-refractivity contribution in [3.05, 3.63) is 37.9 Å². The summed E-state index contributed by atoms with van der Waals surface area (Å²) < 4.78 is 35.9. The van der Waals surface area contributed by atoms with Crippen molar-refractivity contribution in [1.29, 1.82) is 0 Å². The number of hydrogen-bond acceptors (Lipinski definition) is 3. The van der Waals surface area contributed by atoms with Gasteiger partial charge in [0.05, 0.1) is 15.5 Å². The van der Waals surface area contributed by atoms with E-state index in [0.717, 1.165) is 12.1 Å². The maximum Gasteiger partial charge on any atom is 0.405 e. The Bertz CT molecular complexity index is 534. The zero-order valence-corrected chi connectivity index (χ0v) is 10.4. The van der Waals surface area contributed by atoms with Crippen molar-refractivity contribution in [2.75, 3.05) is 6.54 Å². The molecule has 0 aromatic heterocycles. The second-order valence-corrected chi connectivity index (χ2v) is 4.10. The van der Waals surface area contributed by atoms with Crippen molar-refractivity contribution in [3.63, 3.8) is 0 Å². The highest BCUT2D eigenvalue weighted by atomic mass is 35.5. The lowest BCUT2D eigenvalue weighted by molar-refractivity contribution is -0.384. The molecule has 0 saturated carbocycles. The van der Waals surface area contributed by atoms with Gasteiger partial charge in [-0.05, 0) is 6.07 Å². The summed E-state index contributed by atoms with van der Waals surface area (Å²) in [6, 6.07) is 1.96. The highest BCUT2D eigenvalue weighted by molar-refractivity contribution is 6.41. The molecule has 0 aliphatic carbocycles. The lowest BCUT2D eigenvalue weighted by atomic mass is 10.2. The third-order valence-electron chi connectivity index (χ3n) is 1.94. The molecule has 1 rings (SSSR count). The van der Waals surface area contributed by atoms with E-state index in [2.05, 4.69) is 0 Å². The number of rotatable bonds is 3. The molecule has 104 valence electrons. The lowest BCUT2D eigenvalue weighted by Crippen LogP contribution is -2.34. The van der Waals surface area contributed by atoms with Crippen molar-refractivity contribution in [2.24, 2.45) is 0 Å². The van der Waals surface area contributed by atoms with Gasteiger partial charge in [0.2, 0.25) is 0 Å². The molecule has 10 heteroatoms. The van der Waals surface area contributed by atoms with Gasteiger partial charge in [-0.15, -0.1) is 0 Å². The molecule has 1 amide bonds. The summed E-state index contributed by atoms with van der Waals surface area (Å²) >= 11 is 11.2. The SMILES string of the molecule is O=C(NCC(F)(F)F)c1c(Cl)ccc([N+](=O)[O-])c1Cl. The number of carbonyl (C=O) groups excluding carboxylic acids is 1. The van der Waals surface area contributed by atoms with E-state index < -0.39 is 39.8 Å². The number of nitrogens with zero attached hydrogens (tertiary/aromatic N) is 1. The lowest BCUT2D eigenvalue weighted by Gasteiger charge is -2.10. The number of hydrogen-bond donors (Lipinski definition) is 1. The molecule has 0 heterocycles. The normalized spacial score (nSPS) is 11.2. The van der Waals surface area contributed by atoms with E-state index in [1.54, 1.807) is 0 Å². The second kappa shape index (κ2) is 5.62. The molecule has 0 radical (unpaired) electrons. The Labute approximate surface area is 114 Å². The summed E-state index contributed by atoms with van der Waals surface area (Å²) in [5.41, 5.74) is -1.19. The molecule has 0 unspecified atom stereocenters. The van der Waals surface area contributed by atoms with Crippen LogP contribution < -0.4 is 5.32 Å². The smallest absolute Gasteiger partial charge is 0.343 e. The molecule has 0 atom stereocenters. The maximum absolute atomic E-state index is 12.0. The minimum absolute atomic E-state index is 0.282. The third-order valence-corrected chi connectivity index (χ3v) is 2.64. The molecule has 0 saturated heterocycles. The summed E-state index contributed by atoms with van der Waals surface area (Å²) in [5, 5.41) is 11.2. The molecule has 1 aromatic carbocycles. The van der Waals surface area contributed by atoms with Gasteiger partial charge in [0.1, 0.15) is 11.6 Å². The van der Waals surface area contributed by atoms with E-state index in [4.69, 9.17) is 23.2 Å². The van der Waals surface area contributed by atoms with Gasteiger partial charge >= 0.3 is 6.18 Å². The Morgan fingerprint density at radius 2 is 1.95 bits per heavy atom. The fourth-order valence-electron chi connectivity index (χ4n) is 1.16. The predicted octanol–water partition coefficient (Wildman–Crippen LogP) is 3.19. The van der Waals surface area contributed by atoms with Gasteiger partial charge in [0.15, 0.2) is 0 Å². The highest BCUT2D eigenvalue weighted by Gasteiger charge is 2.30. The third kappa shape index (κ3) is 3.97. The van der Waals surface area contributed by atoms with Gasteiger partial charge in [-0.25, -0.2) is 0 Å². The van der Waals surface area contributed by atoms with E-state index in [0.29, 0.717) is 0 Å². The number of nitro groups is 1. The summed E-state index contributed by atoms with van der Waals surface area (Å²) in [4.78, 5) is 21.2. The molecule has 0 aliphatic rings. The zero-order valence-electron chi connectivity index (χ0n) is 8.92. The Morgan fingerprint density at radius 1 is 1.37 bits per heavy atom. The summed E-state index contributed by atoms with van der Waals surface area (Å²) in [5.74, 6) is -1.24. The number of nitrogens with one attached hydrogen (secondary N) is 1. The van der Waals surface area contributed by atoms with Crippen molar-refractivity contribution in [2.45, 2.75) is 6.18 Å². The molecule has 5 nitrogen and oxygen atoms in total. The Hall–Kier alpha value is -1.54. The van der Waals surface area contributed by atoms with Crippen LogP contribution >= 0.6 is 23.2 Å². The zero-order chi connectivity index (χ0) is 14.8. The molecule has 0 bridgehead atoms. The topological polar surface area (TPSA) is 72.2 Å². The number of alkyl halides is 3. The van der Waals surface area contributed by atoms with E-state index >= 15 is 0 Å². The highest BCUT2D eigenvalue weighted by Crippen LogP contribution is 2.33. The van der Waals surface area contributed by atoms with Gasteiger partial charge in [0.25, 0.3) is 11.6 Å². The van der Waals surface area contributed by atoms with Crippen LogP contribution in [-0.2, 0) is 0 Å². The minimum Gasteiger partial charge on any atom is -0.343 e. The minimum atomic E-state index is -4.62. The van der Waals surface area contributed by atoms with Crippen molar-refractivity contribution >= 4 is 34.8 Å². The van der Waals surface area contributed by atoms with Crippen LogP contribution in [0.3, 0.4) is 0 Å². The first-order chi connectivity index (χ1) is 8.63. The van der Waals surface area contributed by atoms with E-state index in [1.807, 2.05) is 0 Å². The summed E-state index contributed by atoms with van der Waals surface area (Å²) in [6.45, 7) is -1.60. The Kier molecular flexibility index (Phi) is 4.59. The van der Waals surface area contributed by atoms with Gasteiger partial charge < -0.3 is 5.32 Å². The van der Waals surface area contributed by atoms with Gasteiger partial charge in [-0.1, -0.05) is 23.2 Å². The fourth-order valence-corrected chi connectivity index (χ4v) is 1.77. The summed E-state index contributed by atoms with van der Waals surface area (Å²) in [6.07, 6.45) is -4.62. The predicted molar refractivity (Wildman–Crippen MR) is 61.5 cm³/mol. The Morgan fingerprint density at radius 3 is 2.42 bits per heavy atom. The van der Waals surface area contributed by atoms with Crippen LogP contribution in [0.15, 0.2) is 12.1 Å². The molecular weight excluding hydrogens is 312 g/mol. The molecule has 1 aromatic rings. The van der Waals surface area contributed by atoms with Crippen molar-refractivity contribution in [1.82, 2.24) is 5.32 Å². The molecule has 0 fully saturated rings. The molecule has 0 spiro atoms. The van der Waals surface area contributed by atoms with Crippen LogP contribution in [0.1, 0.15) is 10.4 Å². The first-order valence-electron chi connectivity index (χ1n) is 4.61. The molecular formula is C9H5Cl2F3N2O3. The fraction of sp³-hybridized carbons (Fsp3) is 0.222. The van der Waals surface area contributed by atoms with E-state index in [9.17, 15) is 28.1 Å². The Balaban J connectivity index is 3.09. The average molecular weight is 317 g/mol. The number of benzene rings is 1.